The van der Waals surface area contributed by atoms with Crippen LogP contribution in [0.3, 0.4) is 0 Å². The zero-order chi connectivity index (χ0) is 13.2. The standard InChI is InChI=1S/C16H14O3/c1-18-14-7-3-11(4-8-14)15-9-5-12-2-6-13(17)10-16(12)19-15/h2-10,15,17H,1H3. The fraction of sp³-hybridized carbons (Fsp3) is 0.125. The summed E-state index contributed by atoms with van der Waals surface area (Å²) in [7, 11) is 1.64. The van der Waals surface area contributed by atoms with Crippen LogP contribution in [-0.4, -0.2) is 12.2 Å². The fourth-order valence-corrected chi connectivity index (χ4v) is 2.10. The van der Waals surface area contributed by atoms with Crippen LogP contribution in [0.5, 0.6) is 17.2 Å². The lowest BCUT2D eigenvalue weighted by atomic mass is 10.0. The number of hydrogen-bond donors (Lipinski definition) is 1. The van der Waals surface area contributed by atoms with E-state index in [0.717, 1.165) is 16.9 Å². The van der Waals surface area contributed by atoms with E-state index in [1.54, 1.807) is 19.2 Å². The molecule has 0 saturated carbocycles. The van der Waals surface area contributed by atoms with Gasteiger partial charge in [-0.2, -0.15) is 0 Å². The molecule has 2 aromatic carbocycles. The Labute approximate surface area is 111 Å². The van der Waals surface area contributed by atoms with Crippen LogP contribution >= 0.6 is 0 Å². The minimum atomic E-state index is -0.139. The van der Waals surface area contributed by atoms with Crippen molar-refractivity contribution in [1.82, 2.24) is 0 Å². The van der Waals surface area contributed by atoms with E-state index in [1.165, 1.54) is 0 Å². The molecule has 3 rings (SSSR count). The molecule has 1 unspecified atom stereocenters. The number of rotatable bonds is 2. The summed E-state index contributed by atoms with van der Waals surface area (Å²) >= 11 is 0. The number of ether oxygens (including phenoxy) is 2. The average molecular weight is 254 g/mol. The first kappa shape index (κ1) is 11.7. The number of phenolic OH excluding ortho intramolecular Hbond substituents is 1. The van der Waals surface area contributed by atoms with Crippen LogP contribution in [0.15, 0.2) is 48.5 Å². The molecule has 1 aliphatic rings. The number of methoxy groups -OCH3 is 1. The zero-order valence-corrected chi connectivity index (χ0v) is 10.5. The van der Waals surface area contributed by atoms with Crippen LogP contribution in [0.25, 0.3) is 6.08 Å². The Kier molecular flexibility index (Phi) is 2.88. The lowest BCUT2D eigenvalue weighted by Gasteiger charge is -2.22. The molecule has 3 heteroatoms. The zero-order valence-electron chi connectivity index (χ0n) is 10.5. The number of fused-ring (bicyclic) bond motifs is 1. The normalized spacial score (nSPS) is 16.6. The van der Waals surface area contributed by atoms with Crippen LogP contribution < -0.4 is 9.47 Å². The molecule has 1 aliphatic heterocycles. The van der Waals surface area contributed by atoms with Gasteiger partial charge in [-0.3, -0.25) is 0 Å². The first-order valence-electron chi connectivity index (χ1n) is 6.08. The molecule has 0 amide bonds. The van der Waals surface area contributed by atoms with Crippen molar-refractivity contribution >= 4 is 6.08 Å². The monoisotopic (exact) mass is 254 g/mol. The Morgan fingerprint density at radius 1 is 1.11 bits per heavy atom. The highest BCUT2D eigenvalue weighted by molar-refractivity contribution is 5.62. The van der Waals surface area contributed by atoms with Gasteiger partial charge in [0.2, 0.25) is 0 Å². The smallest absolute Gasteiger partial charge is 0.142 e. The lowest BCUT2D eigenvalue weighted by Crippen LogP contribution is -2.08. The van der Waals surface area contributed by atoms with Crippen molar-refractivity contribution < 1.29 is 14.6 Å². The summed E-state index contributed by atoms with van der Waals surface area (Å²) in [6.45, 7) is 0. The molecule has 96 valence electrons. The van der Waals surface area contributed by atoms with E-state index in [2.05, 4.69) is 0 Å². The van der Waals surface area contributed by atoms with Gasteiger partial charge in [-0.05, 0) is 35.9 Å². The van der Waals surface area contributed by atoms with Crippen molar-refractivity contribution in [2.75, 3.05) is 7.11 Å². The van der Waals surface area contributed by atoms with E-state index in [-0.39, 0.29) is 11.9 Å². The molecule has 0 saturated heterocycles. The maximum atomic E-state index is 9.49. The molecule has 1 atom stereocenters. The Morgan fingerprint density at radius 3 is 2.63 bits per heavy atom. The van der Waals surface area contributed by atoms with Gasteiger partial charge in [0.1, 0.15) is 23.4 Å². The molecule has 0 spiro atoms. The van der Waals surface area contributed by atoms with Crippen LogP contribution in [0, 0.1) is 0 Å². The summed E-state index contributed by atoms with van der Waals surface area (Å²) in [5, 5.41) is 9.49. The van der Waals surface area contributed by atoms with Gasteiger partial charge < -0.3 is 14.6 Å². The molecular formula is C16H14O3. The van der Waals surface area contributed by atoms with Crippen molar-refractivity contribution in [2.24, 2.45) is 0 Å². The molecule has 1 N–H and O–H groups in total. The van der Waals surface area contributed by atoms with Crippen molar-refractivity contribution in [3.8, 4) is 17.2 Å². The SMILES string of the molecule is COc1ccc(C2C=Cc3ccc(O)cc3O2)cc1. The van der Waals surface area contributed by atoms with Crippen LogP contribution in [-0.2, 0) is 0 Å². The Bertz CT molecular complexity index is 614. The molecule has 2 aromatic rings. The molecule has 0 bridgehead atoms. The molecule has 3 nitrogen and oxygen atoms in total. The van der Waals surface area contributed by atoms with Crippen LogP contribution in [0.2, 0.25) is 0 Å². The van der Waals surface area contributed by atoms with Gasteiger partial charge in [-0.25, -0.2) is 0 Å². The molecule has 0 fully saturated rings. The third kappa shape index (κ3) is 2.27. The largest absolute Gasteiger partial charge is 0.508 e. The maximum Gasteiger partial charge on any atom is 0.142 e. The van der Waals surface area contributed by atoms with Crippen molar-refractivity contribution in [3.05, 3.63) is 59.7 Å². The summed E-state index contributed by atoms with van der Waals surface area (Å²) in [6, 6.07) is 12.9. The van der Waals surface area contributed by atoms with Crippen molar-refractivity contribution in [3.63, 3.8) is 0 Å². The van der Waals surface area contributed by atoms with Crippen LogP contribution in [0.1, 0.15) is 17.2 Å². The van der Waals surface area contributed by atoms with Gasteiger partial charge in [-0.1, -0.05) is 18.2 Å². The van der Waals surface area contributed by atoms with Gasteiger partial charge in [0.15, 0.2) is 0 Å². The number of aromatic hydroxyl groups is 1. The minimum Gasteiger partial charge on any atom is -0.508 e. The first-order chi connectivity index (χ1) is 9.26. The summed E-state index contributed by atoms with van der Waals surface area (Å²) in [4.78, 5) is 0. The van der Waals surface area contributed by atoms with E-state index < -0.39 is 0 Å². The van der Waals surface area contributed by atoms with Gasteiger partial charge in [0.25, 0.3) is 0 Å². The highest BCUT2D eigenvalue weighted by Gasteiger charge is 2.16. The summed E-state index contributed by atoms with van der Waals surface area (Å²) in [5.41, 5.74) is 2.02. The van der Waals surface area contributed by atoms with Crippen molar-refractivity contribution in [2.45, 2.75) is 6.10 Å². The number of hydrogen-bond acceptors (Lipinski definition) is 3. The highest BCUT2D eigenvalue weighted by atomic mass is 16.5. The van der Waals surface area contributed by atoms with Gasteiger partial charge in [0.05, 0.1) is 7.11 Å². The Hall–Kier alpha value is -2.42. The van der Waals surface area contributed by atoms with Gasteiger partial charge >= 0.3 is 0 Å². The van der Waals surface area contributed by atoms with Crippen molar-refractivity contribution in [1.29, 1.82) is 0 Å². The summed E-state index contributed by atoms with van der Waals surface area (Å²) in [5.74, 6) is 1.73. The van der Waals surface area contributed by atoms with E-state index in [9.17, 15) is 5.11 Å². The highest BCUT2D eigenvalue weighted by Crippen LogP contribution is 2.35. The first-order valence-corrected chi connectivity index (χ1v) is 6.08. The number of phenols is 1. The summed E-state index contributed by atoms with van der Waals surface area (Å²) < 4.78 is 11.0. The third-order valence-corrected chi connectivity index (χ3v) is 3.15. The predicted octanol–water partition coefficient (Wildman–Crippen LogP) is 3.55. The molecule has 1 heterocycles. The van der Waals surface area contributed by atoms with E-state index in [0.29, 0.717) is 5.75 Å². The fourth-order valence-electron chi connectivity index (χ4n) is 2.10. The topological polar surface area (TPSA) is 38.7 Å². The second kappa shape index (κ2) is 4.69. The molecule has 0 aliphatic carbocycles. The molecule has 0 aromatic heterocycles. The quantitative estimate of drug-likeness (QED) is 0.890. The minimum absolute atomic E-state index is 0.139. The molecular weight excluding hydrogens is 240 g/mol. The predicted molar refractivity (Wildman–Crippen MR) is 73.5 cm³/mol. The second-order valence-corrected chi connectivity index (χ2v) is 4.39. The summed E-state index contributed by atoms with van der Waals surface area (Å²) in [6.07, 6.45) is 3.87. The Morgan fingerprint density at radius 2 is 1.89 bits per heavy atom. The van der Waals surface area contributed by atoms with E-state index in [1.807, 2.05) is 42.5 Å². The lowest BCUT2D eigenvalue weighted by molar-refractivity contribution is 0.250. The van der Waals surface area contributed by atoms with Gasteiger partial charge in [0, 0.05) is 11.6 Å². The third-order valence-electron chi connectivity index (χ3n) is 3.15. The number of benzene rings is 2. The Balaban J connectivity index is 1.88. The van der Waals surface area contributed by atoms with Crippen LogP contribution in [0.4, 0.5) is 0 Å². The molecule has 0 radical (unpaired) electrons. The average Bonchev–Trinajstić information content (AvgIpc) is 2.46. The van der Waals surface area contributed by atoms with Gasteiger partial charge in [-0.15, -0.1) is 0 Å². The second-order valence-electron chi connectivity index (χ2n) is 4.39. The maximum absolute atomic E-state index is 9.49. The van der Waals surface area contributed by atoms with E-state index in [4.69, 9.17) is 9.47 Å². The van der Waals surface area contributed by atoms with E-state index >= 15 is 0 Å². The molecule has 19 heavy (non-hydrogen) atoms.